The number of ether oxygens (including phenoxy) is 1. The fourth-order valence-corrected chi connectivity index (χ4v) is 7.11. The van der Waals surface area contributed by atoms with Gasteiger partial charge in [0, 0.05) is 95.1 Å². The summed E-state index contributed by atoms with van der Waals surface area (Å²) in [6.45, 7) is 5.60. The lowest BCUT2D eigenvalue weighted by molar-refractivity contribution is 0.0903. The van der Waals surface area contributed by atoms with Gasteiger partial charge < -0.3 is 31.8 Å². The number of nitrogens with two attached hydrogens (primary N) is 1. The molecule has 2 atom stereocenters. The molecule has 1 aliphatic rings. The molecule has 13 heteroatoms. The van der Waals surface area contributed by atoms with Crippen LogP contribution in [0.5, 0.6) is 0 Å². The van der Waals surface area contributed by atoms with Crippen LogP contribution in [0.2, 0.25) is 0 Å². The number of anilines is 2. The lowest BCUT2D eigenvalue weighted by Crippen LogP contribution is -2.29. The highest BCUT2D eigenvalue weighted by Crippen LogP contribution is 2.30. The number of nitrogen functional groups attached to an aromatic ring is 1. The molecule has 7 N–H and O–H groups in total. The van der Waals surface area contributed by atoms with Crippen molar-refractivity contribution in [1.29, 1.82) is 5.41 Å². The third-order valence-electron chi connectivity index (χ3n) is 10.3. The highest BCUT2D eigenvalue weighted by molar-refractivity contribution is 5.99. The van der Waals surface area contributed by atoms with Gasteiger partial charge in [-0.3, -0.25) is 24.7 Å². The van der Waals surface area contributed by atoms with E-state index in [1.807, 2.05) is 68.4 Å². The molecule has 0 bridgehead atoms. The number of carbonyl (C=O) groups excluding carboxylic acids is 2. The first kappa shape index (κ1) is 38.5. The number of hydrogen-bond acceptors (Lipinski definition) is 10. The molecule has 1 unspecified atom stereocenters. The third kappa shape index (κ3) is 8.73. The van der Waals surface area contributed by atoms with Gasteiger partial charge in [0.05, 0.1) is 35.2 Å². The Morgan fingerprint density at radius 1 is 0.825 bits per heavy atom. The van der Waals surface area contributed by atoms with Gasteiger partial charge >= 0.3 is 0 Å². The molecule has 0 radical (unpaired) electrons. The van der Waals surface area contributed by atoms with Crippen molar-refractivity contribution in [1.82, 2.24) is 35.8 Å². The molecule has 13 nitrogen and oxygen atoms in total. The number of aromatic nitrogens is 5. The fraction of sp³-hybridized carbons (Fsp3) is 0.250. The first-order valence-corrected chi connectivity index (χ1v) is 19.2. The highest BCUT2D eigenvalue weighted by Gasteiger charge is 2.21. The zero-order chi connectivity index (χ0) is 39.7. The summed E-state index contributed by atoms with van der Waals surface area (Å²) in [4.78, 5) is 39.4. The van der Waals surface area contributed by atoms with Crippen LogP contribution in [-0.4, -0.2) is 62.4 Å². The number of carbonyl (C=O) groups is 2. The van der Waals surface area contributed by atoms with Crippen molar-refractivity contribution in [2.24, 2.45) is 0 Å². The average molecular weight is 773 g/mol. The molecule has 0 aliphatic carbocycles. The predicted octanol–water partition coefficient (Wildman–Crippen LogP) is 8.90. The molecular weight excluding hydrogens is 717 g/mol. The standard InChI is InChI=1S/C24H26N6O2.C20H20N4O.5H2/c1-2-20(29-24(31)15-3-4-21-16(13-15)14-27-30-21)22-18-5-10-26-23(19(18)6-9-25-22)28-17-7-11-32-12-8-17;1-2-18(19-16-6-4-3-5-13(16)9-10-23-19)24-20(25)14-7-8-17(22)15(11-14)12-21;;;;;/h3-6,9-10,13-14,17,20H,2,7-8,11-12H2,1H3,(H,26,28)(H,27,30)(H,29,31);3-12,18,21H,2,22H2,1H3,(H,24,25);5*1H/t20-;;;;;;/m1....../s1. The minimum absolute atomic E-state index is 0. The van der Waals surface area contributed by atoms with Crippen LogP contribution in [0.15, 0.2) is 104 Å². The van der Waals surface area contributed by atoms with E-state index in [1.165, 1.54) is 0 Å². The van der Waals surface area contributed by atoms with Crippen LogP contribution in [0.3, 0.4) is 0 Å². The first-order chi connectivity index (χ1) is 27.9. The molecular formula is C44H56N10O3. The minimum Gasteiger partial charge on any atom is -0.398 e. The van der Waals surface area contributed by atoms with E-state index < -0.39 is 0 Å². The summed E-state index contributed by atoms with van der Waals surface area (Å²) in [6.07, 6.45) is 11.6. The van der Waals surface area contributed by atoms with Crippen molar-refractivity contribution in [3.05, 3.63) is 132 Å². The van der Waals surface area contributed by atoms with Crippen molar-refractivity contribution in [2.75, 3.05) is 24.3 Å². The van der Waals surface area contributed by atoms with Gasteiger partial charge in [-0.2, -0.15) is 5.10 Å². The van der Waals surface area contributed by atoms with Gasteiger partial charge in [0.2, 0.25) is 0 Å². The number of fused-ring (bicyclic) bond motifs is 3. The maximum atomic E-state index is 13.0. The summed E-state index contributed by atoms with van der Waals surface area (Å²) in [6, 6.07) is 24.3. The SMILES string of the molecule is CCC(NC(=O)c1ccc(N)c(C=N)c1)c1nccc2ccccc12.CC[C@@H](NC(=O)c1ccc2[nH]ncc2c1)c1nccc2c(NC3CCOCC3)nccc12.[HH].[HH].[HH].[HH].[HH]. The van der Waals surface area contributed by atoms with E-state index in [0.717, 1.165) is 94.8 Å². The summed E-state index contributed by atoms with van der Waals surface area (Å²) in [5.74, 6) is 0.516. The fourth-order valence-electron chi connectivity index (χ4n) is 7.11. The summed E-state index contributed by atoms with van der Waals surface area (Å²) < 4.78 is 5.47. The zero-order valence-corrected chi connectivity index (χ0v) is 32.0. The van der Waals surface area contributed by atoms with Crippen molar-refractivity contribution >= 4 is 62.0 Å². The molecule has 5 heterocycles. The van der Waals surface area contributed by atoms with E-state index in [1.54, 1.807) is 49.1 Å². The van der Waals surface area contributed by atoms with Gasteiger partial charge in [0.1, 0.15) is 5.82 Å². The van der Waals surface area contributed by atoms with Crippen LogP contribution in [0, 0.1) is 5.41 Å². The number of hydrogen-bond donors (Lipinski definition) is 6. The Morgan fingerprint density at radius 2 is 1.47 bits per heavy atom. The maximum Gasteiger partial charge on any atom is 0.251 e. The Hall–Kier alpha value is -6.73. The van der Waals surface area contributed by atoms with Gasteiger partial charge in [0.15, 0.2) is 0 Å². The number of amides is 2. The zero-order valence-electron chi connectivity index (χ0n) is 32.0. The monoisotopic (exact) mass is 772 g/mol. The van der Waals surface area contributed by atoms with Crippen LogP contribution in [-0.2, 0) is 4.74 Å². The van der Waals surface area contributed by atoms with Gasteiger partial charge in [-0.05, 0) is 85.7 Å². The summed E-state index contributed by atoms with van der Waals surface area (Å²) >= 11 is 0. The van der Waals surface area contributed by atoms with Crippen LogP contribution >= 0.6 is 0 Å². The molecule has 0 spiro atoms. The normalized spacial score (nSPS) is 14.0. The predicted molar refractivity (Wildman–Crippen MR) is 235 cm³/mol. The van der Waals surface area contributed by atoms with Crippen molar-refractivity contribution in [2.45, 2.75) is 57.7 Å². The molecule has 0 saturated carbocycles. The van der Waals surface area contributed by atoms with E-state index >= 15 is 0 Å². The van der Waals surface area contributed by atoms with Gasteiger partial charge in [-0.1, -0.05) is 38.1 Å². The maximum absolute atomic E-state index is 13.0. The van der Waals surface area contributed by atoms with Gasteiger partial charge in [0.25, 0.3) is 11.8 Å². The van der Waals surface area contributed by atoms with Crippen molar-refractivity contribution in [3.8, 4) is 0 Å². The summed E-state index contributed by atoms with van der Waals surface area (Å²) in [5.41, 5.74) is 10.5. The molecule has 4 aromatic heterocycles. The number of pyridine rings is 3. The Kier molecular flexibility index (Phi) is 12.0. The highest BCUT2D eigenvalue weighted by atomic mass is 16.5. The number of nitrogens with zero attached hydrogens (tertiary/aromatic N) is 4. The quantitative estimate of drug-likeness (QED) is 0.0549. The van der Waals surface area contributed by atoms with Crippen LogP contribution in [0.1, 0.15) is 96.4 Å². The molecule has 1 fully saturated rings. The van der Waals surface area contributed by atoms with Crippen molar-refractivity contribution < 1.29 is 21.5 Å². The van der Waals surface area contributed by atoms with E-state index in [2.05, 4.69) is 41.1 Å². The largest absolute Gasteiger partial charge is 0.398 e. The van der Waals surface area contributed by atoms with Crippen LogP contribution in [0.4, 0.5) is 11.5 Å². The molecule has 7 aromatic rings. The van der Waals surface area contributed by atoms with E-state index in [-0.39, 0.29) is 31.0 Å². The smallest absolute Gasteiger partial charge is 0.251 e. The first-order valence-electron chi connectivity index (χ1n) is 19.2. The number of H-pyrrole nitrogens is 1. The molecule has 8 rings (SSSR count). The molecule has 1 saturated heterocycles. The third-order valence-corrected chi connectivity index (χ3v) is 10.3. The second-order valence-electron chi connectivity index (χ2n) is 13.9. The van der Waals surface area contributed by atoms with E-state index in [4.69, 9.17) is 15.9 Å². The molecule has 3 aromatic carbocycles. The minimum atomic E-state index is -0.218. The Labute approximate surface area is 337 Å². The van der Waals surface area contributed by atoms with E-state index in [9.17, 15) is 9.59 Å². The molecule has 1 aliphatic heterocycles. The van der Waals surface area contributed by atoms with E-state index in [0.29, 0.717) is 28.4 Å². The lowest BCUT2D eigenvalue weighted by atomic mass is 10.0. The topological polar surface area (TPSA) is 197 Å². The van der Waals surface area contributed by atoms with Crippen LogP contribution < -0.4 is 21.7 Å². The number of nitrogens with one attached hydrogen (secondary N) is 5. The Balaban J connectivity index is 0.000000405. The molecule has 300 valence electrons. The average Bonchev–Trinajstić information content (AvgIpc) is 3.73. The summed E-state index contributed by atoms with van der Waals surface area (Å²) in [5, 5.41) is 29.1. The summed E-state index contributed by atoms with van der Waals surface area (Å²) in [7, 11) is 0. The van der Waals surface area contributed by atoms with Gasteiger partial charge in [-0.25, -0.2) is 4.98 Å². The number of benzene rings is 3. The molecule has 57 heavy (non-hydrogen) atoms. The second kappa shape index (κ2) is 17.8. The number of rotatable bonds is 11. The van der Waals surface area contributed by atoms with Gasteiger partial charge in [-0.15, -0.1) is 0 Å². The molecule has 2 amide bonds. The second-order valence-corrected chi connectivity index (χ2v) is 13.9. The Bertz CT molecular complexity index is 2550. The van der Waals surface area contributed by atoms with Crippen LogP contribution in [0.25, 0.3) is 32.4 Å². The lowest BCUT2D eigenvalue weighted by Gasteiger charge is -2.24. The Morgan fingerprint density at radius 3 is 2.21 bits per heavy atom. The van der Waals surface area contributed by atoms with Crippen molar-refractivity contribution in [3.63, 3.8) is 0 Å². The number of aromatic amines is 1.